The lowest BCUT2D eigenvalue weighted by Gasteiger charge is -2.21. The maximum atomic E-state index is 11.5. The van der Waals surface area contributed by atoms with Crippen molar-refractivity contribution >= 4 is 129 Å². The number of rotatable bonds is 18. The van der Waals surface area contributed by atoms with Crippen molar-refractivity contribution in [3.8, 4) is 23.7 Å². The standard InChI is InChI=1S/C12H21NO.C11H17NO3.C10H14O3.C9H17NO4.C7H12O4.C4H9NO2.2C3H4Br2.C2H4O2.C2H4O/c1-7(2)10-11(8(3)4)13-14-12(10)9(5)6;1-6-7-10(12-15-5)8(2)9(3)11(13)14-4;1-5-6-9(11)7(2)8(3)10(12)13-4;1-6(7(2)9(12)13-4)8(11)10(3)14-5;1-4(6(8)9)5(2)7(10)11-3;1-4(6)5(2)7-3;2*1-2-3(4)5;1-2(3)4;1-2-3/h7-9H,1-6H3;8-9H,1-5H3;7-8H,1-4H3;6-7H,1-5H3;4-5H,1-3H3,(H,8,9);1-3H3;2*2H,1H3;1H3,(H,3,4);2H,1H3/b;12-10+;;;;;;;;. The molecule has 0 fully saturated rings. The van der Waals surface area contributed by atoms with Gasteiger partial charge in [-0.15, -0.1) is 0 Å². The van der Waals surface area contributed by atoms with E-state index in [9.17, 15) is 38.4 Å². The predicted octanol–water partition coefficient (Wildman–Crippen LogP) is 13.1. The van der Waals surface area contributed by atoms with Gasteiger partial charge >= 0.3 is 29.8 Å². The number of hydroxylamine groups is 4. The third-order valence-electron chi connectivity index (χ3n) is 11.8. The van der Waals surface area contributed by atoms with Crippen LogP contribution in [0.15, 0.2) is 28.6 Å². The molecule has 0 spiro atoms. The van der Waals surface area contributed by atoms with Gasteiger partial charge in [0.2, 0.25) is 17.6 Å². The molecular formula is C63H106Br4N4O20. The van der Waals surface area contributed by atoms with Crippen LogP contribution in [-0.4, -0.2) is 155 Å². The molecule has 0 bridgehead atoms. The van der Waals surface area contributed by atoms with Gasteiger partial charge in [-0.2, -0.15) is 0 Å². The highest BCUT2D eigenvalue weighted by Crippen LogP contribution is 2.32. The first-order valence-electron chi connectivity index (χ1n) is 28.1. The second-order valence-corrected chi connectivity index (χ2v) is 25.0. The van der Waals surface area contributed by atoms with E-state index in [2.05, 4.69) is 168 Å². The predicted molar refractivity (Wildman–Crippen MR) is 368 cm³/mol. The topological polar surface area (TPSA) is 321 Å². The minimum Gasteiger partial charge on any atom is -0.481 e. The Morgan fingerprint density at radius 3 is 1.08 bits per heavy atom. The van der Waals surface area contributed by atoms with Crippen LogP contribution in [0.1, 0.15) is 180 Å². The van der Waals surface area contributed by atoms with Gasteiger partial charge in [0.05, 0.1) is 90.6 Å². The van der Waals surface area contributed by atoms with E-state index in [4.69, 9.17) is 29.2 Å². The summed E-state index contributed by atoms with van der Waals surface area (Å²) in [4.78, 5) is 119. The van der Waals surface area contributed by atoms with E-state index in [0.29, 0.717) is 23.5 Å². The Balaban J connectivity index is -0.000000121. The van der Waals surface area contributed by atoms with Gasteiger partial charge in [-0.25, -0.2) is 10.1 Å². The fourth-order valence-electron chi connectivity index (χ4n) is 5.38. The highest BCUT2D eigenvalue weighted by atomic mass is 79.9. The number of Topliss-reactive ketones (excluding diaryl/α,β-unsaturated/α-hetero) is 1. The molecule has 8 unspecified atom stereocenters. The maximum absolute atomic E-state index is 11.5. The Morgan fingerprint density at radius 2 is 0.846 bits per heavy atom. The molecule has 2 amide bonds. The van der Waals surface area contributed by atoms with E-state index >= 15 is 0 Å². The van der Waals surface area contributed by atoms with Crippen LogP contribution in [0.2, 0.25) is 0 Å². The number of allylic oxidation sites excluding steroid dienone is 2. The van der Waals surface area contributed by atoms with Crippen molar-refractivity contribution in [3.05, 3.63) is 36.0 Å². The van der Waals surface area contributed by atoms with Crippen molar-refractivity contribution < 1.29 is 96.1 Å². The minimum atomic E-state index is -0.983. The molecule has 1 rings (SSSR count). The van der Waals surface area contributed by atoms with Crippen LogP contribution < -0.4 is 0 Å². The van der Waals surface area contributed by atoms with Crippen LogP contribution in [-0.2, 0) is 81.4 Å². The van der Waals surface area contributed by atoms with Crippen molar-refractivity contribution in [1.82, 2.24) is 15.3 Å². The zero-order valence-corrected chi connectivity index (χ0v) is 65.5. The van der Waals surface area contributed by atoms with Crippen LogP contribution in [0.25, 0.3) is 0 Å². The van der Waals surface area contributed by atoms with Crippen LogP contribution >= 0.6 is 63.7 Å². The summed E-state index contributed by atoms with van der Waals surface area (Å²) in [7, 11) is 12.6. The van der Waals surface area contributed by atoms with E-state index in [1.807, 2.05) is 32.9 Å². The third kappa shape index (κ3) is 56.7. The molecule has 526 valence electrons. The lowest BCUT2D eigenvalue weighted by Crippen LogP contribution is -2.36. The molecule has 8 atom stereocenters. The van der Waals surface area contributed by atoms with Crippen molar-refractivity contribution in [3.63, 3.8) is 0 Å². The van der Waals surface area contributed by atoms with Gasteiger partial charge in [-0.3, -0.25) is 52.8 Å². The number of aromatic nitrogens is 1. The normalized spacial score (nSPS) is 12.1. The van der Waals surface area contributed by atoms with E-state index in [0.717, 1.165) is 41.6 Å². The molecule has 2 N–H and O–H groups in total. The molecule has 0 aliphatic rings. The molecule has 28 heteroatoms. The van der Waals surface area contributed by atoms with Gasteiger partial charge < -0.3 is 43.3 Å². The number of amides is 2. The molecule has 1 heterocycles. The number of methoxy groups -OCH3 is 4. The van der Waals surface area contributed by atoms with Gasteiger partial charge in [-0.05, 0) is 122 Å². The van der Waals surface area contributed by atoms with Crippen LogP contribution in [0.3, 0.4) is 0 Å². The molecule has 1 aromatic heterocycles. The molecule has 0 aliphatic carbocycles. The van der Waals surface area contributed by atoms with Gasteiger partial charge in [0.1, 0.15) is 24.9 Å². The molecule has 24 nitrogen and oxygen atoms in total. The highest BCUT2D eigenvalue weighted by molar-refractivity contribution is 9.28. The number of ketones is 1. The maximum Gasteiger partial charge on any atom is 0.309 e. The van der Waals surface area contributed by atoms with E-state index < -0.39 is 59.4 Å². The number of aliphatic carboxylic acids is 2. The highest BCUT2D eigenvalue weighted by Gasteiger charge is 2.30. The number of halogens is 4. The Labute approximate surface area is 576 Å². The van der Waals surface area contributed by atoms with Gasteiger partial charge in [0.25, 0.3) is 5.97 Å². The molecule has 0 saturated heterocycles. The summed E-state index contributed by atoms with van der Waals surface area (Å²) >= 11 is 12.6. The van der Waals surface area contributed by atoms with Crippen LogP contribution in [0.4, 0.5) is 0 Å². The van der Waals surface area contributed by atoms with Crippen LogP contribution in [0, 0.1) is 71.0 Å². The number of carboxylic acid groups (broad SMARTS) is 2. The van der Waals surface area contributed by atoms with Gasteiger partial charge in [0.15, 0.2) is 0 Å². The Bertz CT molecular complexity index is 2420. The quantitative estimate of drug-likeness (QED) is 0.0262. The number of ether oxygens (including phenoxy) is 4. The monoisotopic (exact) mass is 1550 g/mol. The van der Waals surface area contributed by atoms with E-state index in [1.165, 1.54) is 90.1 Å². The molecule has 0 saturated carbocycles. The summed E-state index contributed by atoms with van der Waals surface area (Å²) in [6.07, 6.45) is 4.58. The number of esters is 4. The third-order valence-corrected chi connectivity index (χ3v) is 13.6. The van der Waals surface area contributed by atoms with Crippen molar-refractivity contribution in [1.29, 1.82) is 0 Å². The largest absolute Gasteiger partial charge is 0.481 e. The van der Waals surface area contributed by atoms with E-state index in [1.54, 1.807) is 55.5 Å². The summed E-state index contributed by atoms with van der Waals surface area (Å²) < 4.78 is 25.5. The summed E-state index contributed by atoms with van der Waals surface area (Å²) in [5, 5.41) is 26.1. The number of hydrogen-bond donors (Lipinski definition) is 2. The SMILES string of the molecule is CC#C/C(=N\OC)C(C)C(C)C(=O)OC.CC#CC(=O)C(C)C(C)C(=O)OC.CC(=O)O.CC(C)c1noc(C(C)C)c1C(C)C.CC=C(Br)Br.CC=C(Br)Br.CC=O.COC(=O)C(C)C(C)C(=O)N(C)OC.COC(=O)C(C)C(C)C(=O)O.CON(C)C(C)=O. The smallest absolute Gasteiger partial charge is 0.309 e. The second kappa shape index (κ2) is 64.3. The first kappa shape index (κ1) is 104. The van der Waals surface area contributed by atoms with Gasteiger partial charge in [-0.1, -0.05) is 131 Å². The summed E-state index contributed by atoms with van der Waals surface area (Å²) in [6.45, 7) is 37.5. The summed E-state index contributed by atoms with van der Waals surface area (Å²) in [5.41, 5.74) is 3.00. The zero-order chi connectivity index (χ0) is 74.2. The average molecular weight is 1560 g/mol. The second-order valence-electron chi connectivity index (χ2n) is 19.5. The molecule has 91 heavy (non-hydrogen) atoms. The van der Waals surface area contributed by atoms with Crippen molar-refractivity contribution in [2.45, 2.75) is 163 Å². The Kier molecular flexibility index (Phi) is 73.6. The van der Waals surface area contributed by atoms with Crippen molar-refractivity contribution in [2.75, 3.05) is 63.9 Å². The van der Waals surface area contributed by atoms with E-state index in [-0.39, 0.29) is 41.4 Å². The average Bonchev–Trinajstić information content (AvgIpc) is 1.84. The first-order chi connectivity index (χ1) is 41.9. The van der Waals surface area contributed by atoms with Crippen LogP contribution in [0.5, 0.6) is 0 Å². The number of carboxylic acids is 2. The molecule has 0 radical (unpaired) electrons. The number of nitrogens with zero attached hydrogens (tertiary/aromatic N) is 4. The summed E-state index contributed by atoms with van der Waals surface area (Å²) in [5.74, 6) is 5.54. The van der Waals surface area contributed by atoms with Crippen molar-refractivity contribution in [2.24, 2.45) is 52.5 Å². The fraction of sp³-hybridized carbons (Fsp3) is 0.651. The molecule has 0 aliphatic heterocycles. The summed E-state index contributed by atoms with van der Waals surface area (Å²) in [6, 6.07) is 0. The fourth-order valence-corrected chi connectivity index (χ4v) is 5.38. The number of hydrogen-bond acceptors (Lipinski definition) is 20. The molecular weight excluding hydrogens is 1450 g/mol. The number of aldehydes is 1. The Hall–Kier alpha value is -5.78. The molecule has 1 aromatic rings. The lowest BCUT2D eigenvalue weighted by atomic mass is 9.91. The minimum absolute atomic E-state index is 0.0949. The zero-order valence-electron chi connectivity index (χ0n) is 59.1. The molecule has 0 aromatic carbocycles. The Morgan fingerprint density at radius 1 is 0.527 bits per heavy atom. The first-order valence-corrected chi connectivity index (χ1v) is 31.2. The number of carbonyl (C=O) groups excluding carboxylic acids is 8. The lowest BCUT2D eigenvalue weighted by molar-refractivity contribution is -0.176. The van der Waals surface area contributed by atoms with Gasteiger partial charge in [0, 0.05) is 51.3 Å². The number of carbonyl (C=O) groups is 10. The number of oxime groups is 1.